The first-order valence-corrected chi connectivity index (χ1v) is 16.7. The SMILES string of the molecule is CCCC[P+](CCCC)(CCCC)CC1CCO[C@](C(N)=O)([C@@H](O)[C@@](C)(O)CO)NC(=O)C1=O.CC[S-]. The molecule has 37 heavy (non-hydrogen) atoms. The van der Waals surface area contributed by atoms with Crippen LogP contribution in [-0.4, -0.2) is 94.0 Å². The lowest BCUT2D eigenvalue weighted by Gasteiger charge is -2.42. The highest BCUT2D eigenvalue weighted by Gasteiger charge is 2.56. The van der Waals surface area contributed by atoms with Crippen molar-refractivity contribution in [1.29, 1.82) is 0 Å². The summed E-state index contributed by atoms with van der Waals surface area (Å²) in [4.78, 5) is 38.5. The van der Waals surface area contributed by atoms with Crippen LogP contribution in [0.4, 0.5) is 0 Å². The lowest BCUT2D eigenvalue weighted by molar-refractivity contribution is -0.215. The Kier molecular flexibility index (Phi) is 17.4. The second-order valence-electron chi connectivity index (χ2n) is 10.2. The summed E-state index contributed by atoms with van der Waals surface area (Å²) in [5, 5.41) is 32.5. The second-order valence-corrected chi connectivity index (χ2v) is 15.2. The minimum Gasteiger partial charge on any atom is -0.793 e. The Morgan fingerprint density at radius 2 is 1.62 bits per heavy atom. The lowest BCUT2D eigenvalue weighted by Crippen LogP contribution is -2.73. The Labute approximate surface area is 229 Å². The Balaban J connectivity index is 0.00000410. The Morgan fingerprint density at radius 3 is 2.00 bits per heavy atom. The summed E-state index contributed by atoms with van der Waals surface area (Å²) in [6.07, 6.45) is 8.60. The smallest absolute Gasteiger partial charge is 0.290 e. The number of hydrogen-bond acceptors (Lipinski definition) is 8. The molecule has 0 aliphatic carbocycles. The van der Waals surface area contributed by atoms with E-state index < -0.39 is 54.8 Å². The number of nitrogens with one attached hydrogen (secondary N) is 1. The van der Waals surface area contributed by atoms with Crippen LogP contribution in [0.3, 0.4) is 0 Å². The number of ether oxygens (including phenoxy) is 1. The van der Waals surface area contributed by atoms with E-state index in [9.17, 15) is 29.7 Å². The van der Waals surface area contributed by atoms with Gasteiger partial charge in [-0.25, -0.2) is 0 Å². The van der Waals surface area contributed by atoms with Gasteiger partial charge < -0.3 is 43.7 Å². The molecule has 0 saturated carbocycles. The van der Waals surface area contributed by atoms with Gasteiger partial charge in [0, 0.05) is 7.26 Å². The van der Waals surface area contributed by atoms with Crippen LogP contribution in [0.15, 0.2) is 0 Å². The first-order valence-electron chi connectivity index (χ1n) is 13.6. The molecule has 0 radical (unpaired) electrons. The summed E-state index contributed by atoms with van der Waals surface area (Å²) in [6.45, 7) is 8.46. The maximum Gasteiger partial charge on any atom is 0.290 e. The predicted octanol–water partition coefficient (Wildman–Crippen LogP) is 1.97. The number of unbranched alkanes of at least 4 members (excludes halogenated alkanes) is 3. The monoisotopic (exact) mass is 566 g/mol. The van der Waals surface area contributed by atoms with Gasteiger partial charge in [-0.1, -0.05) is 47.0 Å². The summed E-state index contributed by atoms with van der Waals surface area (Å²) >= 11 is 4.39. The zero-order valence-electron chi connectivity index (χ0n) is 23.5. The molecule has 0 aromatic heterocycles. The van der Waals surface area contributed by atoms with Crippen molar-refractivity contribution in [2.45, 2.75) is 97.0 Å². The van der Waals surface area contributed by atoms with Gasteiger partial charge in [0.15, 0.2) is 0 Å². The normalized spacial score (nSPS) is 23.1. The maximum atomic E-state index is 13.3. The van der Waals surface area contributed by atoms with Gasteiger partial charge >= 0.3 is 0 Å². The fraction of sp³-hybridized carbons (Fsp3) is 0.885. The highest BCUT2D eigenvalue weighted by Crippen LogP contribution is 2.62. The number of hydrogen-bond donors (Lipinski definition) is 5. The van der Waals surface area contributed by atoms with Crippen LogP contribution < -0.4 is 11.1 Å². The molecular weight excluding hydrogens is 515 g/mol. The molecule has 9 nitrogen and oxygen atoms in total. The summed E-state index contributed by atoms with van der Waals surface area (Å²) in [6, 6.07) is 0. The number of carbonyl (C=O) groups is 3. The van der Waals surface area contributed by atoms with E-state index in [1.165, 1.54) is 0 Å². The van der Waals surface area contributed by atoms with Crippen LogP contribution in [0.1, 0.15) is 79.6 Å². The van der Waals surface area contributed by atoms with Crippen molar-refractivity contribution in [3.8, 4) is 0 Å². The number of rotatable bonds is 15. The van der Waals surface area contributed by atoms with Crippen LogP contribution in [0.5, 0.6) is 0 Å². The Morgan fingerprint density at radius 1 is 1.16 bits per heavy atom. The van der Waals surface area contributed by atoms with E-state index in [-0.39, 0.29) is 13.0 Å². The first kappa shape index (κ1) is 36.2. The lowest BCUT2D eigenvalue weighted by atomic mass is 9.88. The van der Waals surface area contributed by atoms with Gasteiger partial charge in [0.05, 0.1) is 43.8 Å². The molecule has 2 amide bonds. The molecule has 218 valence electrons. The molecule has 1 unspecified atom stereocenters. The molecule has 1 aliphatic rings. The largest absolute Gasteiger partial charge is 0.793 e. The minimum atomic E-state index is -2.52. The van der Waals surface area contributed by atoms with E-state index in [1.807, 2.05) is 6.92 Å². The number of aliphatic hydroxyl groups excluding tert-OH is 2. The molecule has 6 N–H and O–H groups in total. The van der Waals surface area contributed by atoms with E-state index >= 15 is 0 Å². The number of ketones is 1. The molecule has 1 fully saturated rings. The summed E-state index contributed by atoms with van der Waals surface area (Å²) < 4.78 is 5.62. The van der Waals surface area contributed by atoms with Gasteiger partial charge in [-0.2, -0.15) is 5.75 Å². The molecular formula is C26H51N2O7PS. The fourth-order valence-electron chi connectivity index (χ4n) is 4.62. The van der Waals surface area contributed by atoms with Crippen molar-refractivity contribution < 1.29 is 34.4 Å². The molecule has 4 atom stereocenters. The van der Waals surface area contributed by atoms with Crippen LogP contribution in [0, 0.1) is 5.92 Å². The van der Waals surface area contributed by atoms with Crippen molar-refractivity contribution in [2.24, 2.45) is 11.7 Å². The number of aliphatic hydroxyl groups is 3. The van der Waals surface area contributed by atoms with Crippen molar-refractivity contribution in [1.82, 2.24) is 5.32 Å². The third-order valence-corrected chi connectivity index (χ3v) is 11.9. The van der Waals surface area contributed by atoms with Gasteiger partial charge in [0.2, 0.25) is 5.78 Å². The minimum absolute atomic E-state index is 0.118. The molecule has 1 aliphatic heterocycles. The number of nitrogens with two attached hydrogens (primary N) is 1. The zero-order chi connectivity index (χ0) is 28.7. The number of primary amides is 1. The van der Waals surface area contributed by atoms with E-state index in [1.54, 1.807) is 0 Å². The molecule has 0 aromatic rings. The van der Waals surface area contributed by atoms with Crippen LogP contribution in [0.25, 0.3) is 0 Å². The Bertz CT molecular complexity index is 689. The summed E-state index contributed by atoms with van der Waals surface area (Å²) in [5.41, 5.74) is 0.718. The maximum absolute atomic E-state index is 13.3. The van der Waals surface area contributed by atoms with Crippen LogP contribution >= 0.6 is 7.26 Å². The fourth-order valence-corrected chi connectivity index (χ4v) is 10.1. The average Bonchev–Trinajstić information content (AvgIpc) is 2.86. The highest BCUT2D eigenvalue weighted by atomic mass is 32.1. The van der Waals surface area contributed by atoms with E-state index in [4.69, 9.17) is 10.5 Å². The molecule has 1 saturated heterocycles. The third-order valence-electron chi connectivity index (χ3n) is 6.92. The van der Waals surface area contributed by atoms with Crippen LogP contribution in [0.2, 0.25) is 0 Å². The van der Waals surface area contributed by atoms with Crippen LogP contribution in [-0.2, 0) is 31.7 Å². The summed E-state index contributed by atoms with van der Waals surface area (Å²) in [5.74, 6) is -2.70. The zero-order valence-corrected chi connectivity index (χ0v) is 25.2. The van der Waals surface area contributed by atoms with E-state index in [0.29, 0.717) is 6.16 Å². The topological polar surface area (TPSA) is 159 Å². The average molecular weight is 567 g/mol. The summed E-state index contributed by atoms with van der Waals surface area (Å²) in [7, 11) is -1.48. The molecule has 0 spiro atoms. The van der Waals surface area contributed by atoms with Gasteiger partial charge in [-0.05, 0) is 32.6 Å². The number of carbonyl (C=O) groups excluding carboxylic acids is 3. The van der Waals surface area contributed by atoms with E-state index in [2.05, 4.69) is 38.7 Å². The number of amides is 2. The first-order chi connectivity index (χ1) is 17.4. The van der Waals surface area contributed by atoms with Crippen molar-refractivity contribution in [2.75, 3.05) is 43.6 Å². The molecule has 0 aromatic carbocycles. The van der Waals surface area contributed by atoms with Gasteiger partial charge in [-0.15, -0.1) is 0 Å². The standard InChI is InChI=1S/C24H45N2O7P.C2H6S/c1-5-8-13-34(14-9-6-2,15-10-7-3)16-18-11-12-33-24(22(25)31,26-20(29)19(18)28)21(30)23(4,32)17-27;1-2-3/h18,21,27,30,32H,5-17H2,1-4H3,(H2-,25,26,29,31);3H,2H2,1H3/t18?,21-,23-,24-;/m0./s1. The predicted molar refractivity (Wildman–Crippen MR) is 152 cm³/mol. The quantitative estimate of drug-likeness (QED) is 0.114. The van der Waals surface area contributed by atoms with E-state index in [0.717, 1.165) is 69.7 Å². The van der Waals surface area contributed by atoms with Crippen molar-refractivity contribution in [3.63, 3.8) is 0 Å². The Hall–Kier alpha value is -0.770. The third kappa shape index (κ3) is 10.7. The van der Waals surface area contributed by atoms with Gasteiger partial charge in [0.1, 0.15) is 11.7 Å². The number of Topliss-reactive ketones (excluding diaryl/α,β-unsaturated/α-hetero) is 1. The molecule has 0 bridgehead atoms. The van der Waals surface area contributed by atoms with Crippen molar-refractivity contribution in [3.05, 3.63) is 0 Å². The van der Waals surface area contributed by atoms with Crippen molar-refractivity contribution >= 4 is 37.5 Å². The van der Waals surface area contributed by atoms with Gasteiger partial charge in [-0.3, -0.25) is 14.4 Å². The molecule has 1 rings (SSSR count). The molecule has 11 heteroatoms. The second kappa shape index (κ2) is 17.7. The molecule has 1 heterocycles. The highest BCUT2D eigenvalue weighted by molar-refractivity contribution is 7.75. The van der Waals surface area contributed by atoms with Gasteiger partial charge in [0.25, 0.3) is 17.5 Å².